The molecule has 2 fully saturated rings. The average Bonchev–Trinajstić information content (AvgIpc) is 3.17. The van der Waals surface area contributed by atoms with Crippen LogP contribution in [0.5, 0.6) is 0 Å². The highest BCUT2D eigenvalue weighted by atomic mass is 16.5. The highest BCUT2D eigenvalue weighted by molar-refractivity contribution is 5.76. The first kappa shape index (κ1) is 16.3. The first-order valence-electron chi connectivity index (χ1n) is 8.77. The number of hydrogen-bond donors (Lipinski definition) is 0. The lowest BCUT2D eigenvalue weighted by Gasteiger charge is -2.33. The van der Waals surface area contributed by atoms with Crippen molar-refractivity contribution in [1.82, 2.24) is 24.0 Å². The van der Waals surface area contributed by atoms with Crippen LogP contribution in [-0.2, 0) is 16.1 Å². The fourth-order valence-corrected chi connectivity index (χ4v) is 3.84. The Kier molecular flexibility index (Phi) is 4.30. The van der Waals surface area contributed by atoms with Gasteiger partial charge < -0.3 is 9.64 Å². The smallest absolute Gasteiger partial charge is 0.350 e. The van der Waals surface area contributed by atoms with Crippen LogP contribution in [0.15, 0.2) is 29.2 Å². The summed E-state index contributed by atoms with van der Waals surface area (Å²) >= 11 is 0. The van der Waals surface area contributed by atoms with Gasteiger partial charge in [0, 0.05) is 38.4 Å². The van der Waals surface area contributed by atoms with Gasteiger partial charge in [0.25, 0.3) is 0 Å². The van der Waals surface area contributed by atoms with Crippen LogP contribution in [0.25, 0.3) is 5.65 Å². The van der Waals surface area contributed by atoms with Crippen molar-refractivity contribution in [2.75, 3.05) is 39.4 Å². The summed E-state index contributed by atoms with van der Waals surface area (Å²) in [5.41, 5.74) is 0.280. The van der Waals surface area contributed by atoms with Crippen LogP contribution in [-0.4, -0.2) is 75.3 Å². The summed E-state index contributed by atoms with van der Waals surface area (Å²) in [4.78, 5) is 29.3. The summed E-state index contributed by atoms with van der Waals surface area (Å²) in [6.07, 6.45) is 1.66. The molecule has 2 saturated heterocycles. The molecule has 2 aromatic heterocycles. The van der Waals surface area contributed by atoms with Gasteiger partial charge in [0.2, 0.25) is 5.91 Å². The molecule has 0 aliphatic carbocycles. The van der Waals surface area contributed by atoms with E-state index < -0.39 is 0 Å². The molecular weight excluding hydrogens is 322 g/mol. The lowest BCUT2D eigenvalue weighted by atomic mass is 10.0. The number of ether oxygens (including phenoxy) is 1. The van der Waals surface area contributed by atoms with Crippen molar-refractivity contribution in [1.29, 1.82) is 0 Å². The zero-order valence-corrected chi connectivity index (χ0v) is 14.4. The van der Waals surface area contributed by atoms with Crippen LogP contribution in [0.4, 0.5) is 0 Å². The molecule has 8 nitrogen and oxygen atoms in total. The minimum absolute atomic E-state index is 0.0108. The van der Waals surface area contributed by atoms with E-state index in [-0.39, 0.29) is 18.1 Å². The van der Waals surface area contributed by atoms with E-state index in [1.165, 1.54) is 9.08 Å². The van der Waals surface area contributed by atoms with Crippen molar-refractivity contribution in [2.24, 2.45) is 5.92 Å². The molecule has 8 heteroatoms. The number of hydrogen-bond acceptors (Lipinski definition) is 5. The number of likely N-dealkylation sites (tertiary alicyclic amines) is 1. The molecule has 0 N–H and O–H groups in total. The van der Waals surface area contributed by atoms with Gasteiger partial charge in [-0.1, -0.05) is 13.0 Å². The standard InChI is InChI=1S/C17H23N5O3/c1-13-10-20(11-14(13)19-6-8-25-9-7-19)16(23)12-22-17(24)21-5-3-2-4-15(21)18-22/h2-5,13-14H,6-12H2,1H3. The molecule has 2 atom stereocenters. The van der Waals surface area contributed by atoms with E-state index in [0.29, 0.717) is 24.2 Å². The largest absolute Gasteiger partial charge is 0.379 e. The molecule has 2 aromatic rings. The maximum Gasteiger partial charge on any atom is 0.350 e. The second-order valence-corrected chi connectivity index (χ2v) is 6.86. The third-order valence-electron chi connectivity index (χ3n) is 5.21. The van der Waals surface area contributed by atoms with Crippen molar-refractivity contribution in [3.8, 4) is 0 Å². The molecule has 0 spiro atoms. The predicted octanol–water partition coefficient (Wildman–Crippen LogP) is -0.325. The van der Waals surface area contributed by atoms with Crippen molar-refractivity contribution in [3.63, 3.8) is 0 Å². The lowest BCUT2D eigenvalue weighted by Crippen LogP contribution is -2.47. The zero-order chi connectivity index (χ0) is 17.4. The van der Waals surface area contributed by atoms with Crippen molar-refractivity contribution < 1.29 is 9.53 Å². The maximum atomic E-state index is 12.7. The summed E-state index contributed by atoms with van der Waals surface area (Å²) in [5, 5.41) is 4.24. The third kappa shape index (κ3) is 3.07. The Labute approximate surface area is 145 Å². The molecule has 4 rings (SSSR count). The van der Waals surface area contributed by atoms with Gasteiger partial charge in [-0.3, -0.25) is 14.1 Å². The number of carbonyl (C=O) groups excluding carboxylic acids is 1. The monoisotopic (exact) mass is 345 g/mol. The fraction of sp³-hybridized carbons (Fsp3) is 0.588. The highest BCUT2D eigenvalue weighted by Gasteiger charge is 2.36. The summed E-state index contributed by atoms with van der Waals surface area (Å²) in [7, 11) is 0. The van der Waals surface area contributed by atoms with Crippen LogP contribution < -0.4 is 5.69 Å². The number of rotatable bonds is 3. The van der Waals surface area contributed by atoms with Crippen molar-refractivity contribution >= 4 is 11.6 Å². The number of aromatic nitrogens is 3. The topological polar surface area (TPSA) is 72.1 Å². The molecule has 0 aromatic carbocycles. The van der Waals surface area contributed by atoms with Gasteiger partial charge >= 0.3 is 5.69 Å². The van der Waals surface area contributed by atoms with E-state index in [1.807, 2.05) is 11.0 Å². The van der Waals surface area contributed by atoms with E-state index in [2.05, 4.69) is 16.9 Å². The molecule has 2 aliphatic heterocycles. The maximum absolute atomic E-state index is 12.7. The average molecular weight is 345 g/mol. The summed E-state index contributed by atoms with van der Waals surface area (Å²) in [6.45, 7) is 6.96. The molecule has 25 heavy (non-hydrogen) atoms. The Hall–Kier alpha value is -2.19. The number of morpholine rings is 1. The molecule has 0 saturated carbocycles. The summed E-state index contributed by atoms with van der Waals surface area (Å²) in [5.74, 6) is 0.368. The molecule has 2 unspecified atom stereocenters. The van der Waals surface area contributed by atoms with Gasteiger partial charge in [-0.05, 0) is 18.1 Å². The van der Waals surface area contributed by atoms with Crippen LogP contribution in [0.3, 0.4) is 0 Å². The van der Waals surface area contributed by atoms with Gasteiger partial charge in [0.15, 0.2) is 5.65 Å². The number of carbonyl (C=O) groups is 1. The molecule has 1 amide bonds. The van der Waals surface area contributed by atoms with Crippen LogP contribution in [0.2, 0.25) is 0 Å². The first-order valence-corrected chi connectivity index (χ1v) is 8.77. The normalized spacial score (nSPS) is 24.9. The molecule has 0 radical (unpaired) electrons. The van der Waals surface area contributed by atoms with E-state index in [0.717, 1.165) is 32.8 Å². The number of amides is 1. The Balaban J connectivity index is 1.46. The molecular formula is C17H23N5O3. The van der Waals surface area contributed by atoms with Crippen LogP contribution in [0.1, 0.15) is 6.92 Å². The van der Waals surface area contributed by atoms with Gasteiger partial charge in [-0.2, -0.15) is 0 Å². The van der Waals surface area contributed by atoms with E-state index in [1.54, 1.807) is 18.3 Å². The summed E-state index contributed by atoms with van der Waals surface area (Å²) < 4.78 is 8.13. The molecule has 134 valence electrons. The van der Waals surface area contributed by atoms with Gasteiger partial charge in [0.05, 0.1) is 13.2 Å². The second kappa shape index (κ2) is 6.61. The highest BCUT2D eigenvalue weighted by Crippen LogP contribution is 2.22. The molecule has 0 bridgehead atoms. The summed E-state index contributed by atoms with van der Waals surface area (Å²) in [6, 6.07) is 5.72. The number of pyridine rings is 1. The molecule has 2 aliphatic rings. The Morgan fingerprint density at radius 1 is 1.28 bits per heavy atom. The van der Waals surface area contributed by atoms with E-state index in [4.69, 9.17) is 4.74 Å². The Morgan fingerprint density at radius 2 is 2.08 bits per heavy atom. The van der Waals surface area contributed by atoms with Crippen LogP contribution in [0, 0.1) is 5.92 Å². The van der Waals surface area contributed by atoms with Crippen molar-refractivity contribution in [3.05, 3.63) is 34.9 Å². The number of fused-ring (bicyclic) bond motifs is 1. The van der Waals surface area contributed by atoms with Gasteiger partial charge in [0.1, 0.15) is 6.54 Å². The Bertz CT molecular complexity index is 823. The molecule has 4 heterocycles. The van der Waals surface area contributed by atoms with Crippen LogP contribution >= 0.6 is 0 Å². The fourth-order valence-electron chi connectivity index (χ4n) is 3.84. The SMILES string of the molecule is CC1CN(C(=O)Cn2nc3ccccn3c2=O)CC1N1CCOCC1. The minimum atomic E-state index is -0.277. The van der Waals surface area contributed by atoms with E-state index in [9.17, 15) is 9.59 Å². The predicted molar refractivity (Wildman–Crippen MR) is 91.4 cm³/mol. The second-order valence-electron chi connectivity index (χ2n) is 6.86. The quantitative estimate of drug-likeness (QED) is 0.762. The first-order chi connectivity index (χ1) is 12.1. The van der Waals surface area contributed by atoms with E-state index >= 15 is 0 Å². The zero-order valence-electron chi connectivity index (χ0n) is 14.4. The minimum Gasteiger partial charge on any atom is -0.379 e. The van der Waals surface area contributed by atoms with Gasteiger partial charge in [-0.25, -0.2) is 9.48 Å². The number of nitrogens with zero attached hydrogens (tertiary/aromatic N) is 5. The van der Waals surface area contributed by atoms with Gasteiger partial charge in [-0.15, -0.1) is 5.10 Å². The van der Waals surface area contributed by atoms with Crippen molar-refractivity contribution in [2.45, 2.75) is 19.5 Å². The lowest BCUT2D eigenvalue weighted by molar-refractivity contribution is -0.131. The Morgan fingerprint density at radius 3 is 2.84 bits per heavy atom. The third-order valence-corrected chi connectivity index (χ3v) is 5.21.